The van der Waals surface area contributed by atoms with Crippen LogP contribution in [0.2, 0.25) is 0 Å². The van der Waals surface area contributed by atoms with E-state index in [4.69, 9.17) is 9.84 Å². The first-order chi connectivity index (χ1) is 10.1. The number of para-hydroxylation sites is 1. The molecule has 1 aromatic carbocycles. The molecule has 1 atom stereocenters. The smallest absolute Gasteiger partial charge is 0.355 e. The molecule has 2 aromatic rings. The number of carboxylic acid groups (broad SMARTS) is 1. The Labute approximate surface area is 125 Å². The van der Waals surface area contributed by atoms with Crippen molar-refractivity contribution in [2.45, 2.75) is 19.6 Å². The summed E-state index contributed by atoms with van der Waals surface area (Å²) in [6, 6.07) is 9.04. The summed E-state index contributed by atoms with van der Waals surface area (Å²) < 4.78 is 5.48. The molecule has 1 heterocycles. The number of benzene rings is 1. The maximum absolute atomic E-state index is 11.9. The molecule has 2 N–H and O–H groups in total. The van der Waals surface area contributed by atoms with Crippen LogP contribution < -0.4 is 10.1 Å². The lowest BCUT2D eigenvalue weighted by molar-refractivity contribution is -0.127. The van der Waals surface area contributed by atoms with Gasteiger partial charge in [-0.05, 0) is 19.1 Å². The van der Waals surface area contributed by atoms with E-state index in [1.807, 2.05) is 18.2 Å². The Kier molecular flexibility index (Phi) is 4.89. The zero-order valence-electron chi connectivity index (χ0n) is 11.3. The molecule has 0 aliphatic carbocycles. The van der Waals surface area contributed by atoms with E-state index in [0.29, 0.717) is 10.8 Å². The summed E-state index contributed by atoms with van der Waals surface area (Å²) in [6.07, 6.45) is -0.647. The van der Waals surface area contributed by atoms with Gasteiger partial charge in [-0.1, -0.05) is 18.2 Å². The normalized spacial score (nSPS) is 11.7. The second-order valence-corrected chi connectivity index (χ2v) is 5.17. The Bertz CT molecular complexity index is 627. The van der Waals surface area contributed by atoms with E-state index in [1.165, 1.54) is 16.7 Å². The number of thiazole rings is 1. The van der Waals surface area contributed by atoms with Crippen molar-refractivity contribution in [1.29, 1.82) is 0 Å². The molecule has 1 amide bonds. The molecule has 0 spiro atoms. The van der Waals surface area contributed by atoms with E-state index < -0.39 is 12.1 Å². The molecule has 1 aromatic heterocycles. The number of aromatic nitrogens is 1. The summed E-state index contributed by atoms with van der Waals surface area (Å²) in [5, 5.41) is 13.4. The third-order valence-electron chi connectivity index (χ3n) is 2.61. The van der Waals surface area contributed by atoms with Crippen LogP contribution in [0.5, 0.6) is 5.75 Å². The van der Waals surface area contributed by atoms with Crippen molar-refractivity contribution in [3.63, 3.8) is 0 Å². The topological polar surface area (TPSA) is 88.5 Å². The summed E-state index contributed by atoms with van der Waals surface area (Å²) in [7, 11) is 0. The Hall–Kier alpha value is -2.41. The number of carbonyl (C=O) groups excluding carboxylic acids is 1. The van der Waals surface area contributed by atoms with Crippen molar-refractivity contribution in [3.05, 3.63) is 46.4 Å². The molecule has 0 radical (unpaired) electrons. The Balaban J connectivity index is 1.84. The fraction of sp³-hybridized carbons (Fsp3) is 0.214. The maximum Gasteiger partial charge on any atom is 0.355 e. The van der Waals surface area contributed by atoms with Gasteiger partial charge in [0, 0.05) is 5.38 Å². The lowest BCUT2D eigenvalue weighted by Gasteiger charge is -2.14. The highest BCUT2D eigenvalue weighted by molar-refractivity contribution is 7.09. The van der Waals surface area contributed by atoms with Crippen molar-refractivity contribution < 1.29 is 19.4 Å². The van der Waals surface area contributed by atoms with Crippen molar-refractivity contribution in [1.82, 2.24) is 10.3 Å². The minimum atomic E-state index is -1.08. The van der Waals surface area contributed by atoms with Gasteiger partial charge < -0.3 is 15.2 Å². The highest BCUT2D eigenvalue weighted by Crippen LogP contribution is 2.12. The van der Waals surface area contributed by atoms with Gasteiger partial charge in [0.1, 0.15) is 10.8 Å². The van der Waals surface area contributed by atoms with Crippen LogP contribution in [0.25, 0.3) is 0 Å². The second kappa shape index (κ2) is 6.85. The molecule has 1 unspecified atom stereocenters. The molecule has 0 aliphatic heterocycles. The summed E-state index contributed by atoms with van der Waals surface area (Å²) in [5.74, 6) is -0.752. The average Bonchev–Trinajstić information content (AvgIpc) is 2.95. The SMILES string of the molecule is CC(Oc1ccccc1)C(=O)NCc1nc(C(=O)O)cs1. The van der Waals surface area contributed by atoms with Gasteiger partial charge in [-0.2, -0.15) is 0 Å². The van der Waals surface area contributed by atoms with Crippen LogP contribution in [0.1, 0.15) is 22.4 Å². The summed E-state index contributed by atoms with van der Waals surface area (Å²) >= 11 is 1.19. The summed E-state index contributed by atoms with van der Waals surface area (Å²) in [5.41, 5.74) is -0.0159. The summed E-state index contributed by atoms with van der Waals surface area (Å²) in [4.78, 5) is 26.5. The summed E-state index contributed by atoms with van der Waals surface area (Å²) in [6.45, 7) is 1.83. The standard InChI is InChI=1S/C14H14N2O4S/c1-9(20-10-5-3-2-4-6-10)13(17)15-7-12-16-11(8-21-12)14(18)19/h2-6,8-9H,7H2,1H3,(H,15,17)(H,18,19). The van der Waals surface area contributed by atoms with Crippen LogP contribution in [0, 0.1) is 0 Å². The maximum atomic E-state index is 11.9. The highest BCUT2D eigenvalue weighted by Gasteiger charge is 2.15. The number of hydrogen-bond acceptors (Lipinski definition) is 5. The van der Waals surface area contributed by atoms with Gasteiger partial charge in [0.05, 0.1) is 6.54 Å². The minimum absolute atomic E-state index is 0.0159. The van der Waals surface area contributed by atoms with E-state index in [1.54, 1.807) is 19.1 Å². The van der Waals surface area contributed by atoms with Gasteiger partial charge in [-0.3, -0.25) is 4.79 Å². The second-order valence-electron chi connectivity index (χ2n) is 4.22. The lowest BCUT2D eigenvalue weighted by Crippen LogP contribution is -2.35. The number of nitrogens with one attached hydrogen (secondary N) is 1. The van der Waals surface area contributed by atoms with E-state index >= 15 is 0 Å². The first-order valence-corrected chi connectivity index (χ1v) is 7.11. The molecule has 2 rings (SSSR count). The number of rotatable bonds is 6. The molecule has 0 aliphatic rings. The van der Waals surface area contributed by atoms with Gasteiger partial charge in [-0.25, -0.2) is 9.78 Å². The number of ether oxygens (including phenoxy) is 1. The van der Waals surface area contributed by atoms with Crippen molar-refractivity contribution in [2.75, 3.05) is 0 Å². The molecule has 0 fully saturated rings. The Morgan fingerprint density at radius 3 is 2.71 bits per heavy atom. The molecular weight excluding hydrogens is 292 g/mol. The van der Waals surface area contributed by atoms with Crippen LogP contribution in [0.15, 0.2) is 35.7 Å². The predicted molar refractivity (Wildman–Crippen MR) is 77.5 cm³/mol. The molecule has 7 heteroatoms. The fourth-order valence-corrected chi connectivity index (χ4v) is 2.26. The molecule has 0 saturated heterocycles. The number of amides is 1. The van der Waals surface area contributed by atoms with Gasteiger partial charge >= 0.3 is 5.97 Å². The first kappa shape index (κ1) is 15.0. The van der Waals surface area contributed by atoms with Crippen LogP contribution in [0.4, 0.5) is 0 Å². The average molecular weight is 306 g/mol. The number of aromatic carboxylic acids is 1. The zero-order valence-corrected chi connectivity index (χ0v) is 12.1. The number of carbonyl (C=O) groups is 2. The molecule has 0 bridgehead atoms. The number of nitrogens with zero attached hydrogens (tertiary/aromatic N) is 1. The van der Waals surface area contributed by atoms with Gasteiger partial charge in [0.2, 0.25) is 0 Å². The molecule has 0 saturated carbocycles. The largest absolute Gasteiger partial charge is 0.481 e. The van der Waals surface area contributed by atoms with E-state index in [2.05, 4.69) is 10.3 Å². The van der Waals surface area contributed by atoms with Crippen LogP contribution in [0.3, 0.4) is 0 Å². The first-order valence-electron chi connectivity index (χ1n) is 6.23. The molecule has 6 nitrogen and oxygen atoms in total. The third-order valence-corrected chi connectivity index (χ3v) is 3.46. The third kappa shape index (κ3) is 4.28. The van der Waals surface area contributed by atoms with Crippen molar-refractivity contribution in [2.24, 2.45) is 0 Å². The Morgan fingerprint density at radius 2 is 2.10 bits per heavy atom. The fourth-order valence-electron chi connectivity index (χ4n) is 1.55. The quantitative estimate of drug-likeness (QED) is 0.851. The van der Waals surface area contributed by atoms with Gasteiger partial charge in [0.15, 0.2) is 11.8 Å². The monoisotopic (exact) mass is 306 g/mol. The zero-order chi connectivity index (χ0) is 15.2. The number of carboxylic acids is 1. The van der Waals surface area contributed by atoms with E-state index in [0.717, 1.165) is 0 Å². The van der Waals surface area contributed by atoms with Gasteiger partial charge in [-0.15, -0.1) is 11.3 Å². The van der Waals surface area contributed by atoms with E-state index in [9.17, 15) is 9.59 Å². The molecule has 21 heavy (non-hydrogen) atoms. The molecular formula is C14H14N2O4S. The molecule has 110 valence electrons. The predicted octanol–water partition coefficient (Wildman–Crippen LogP) is 1.93. The lowest BCUT2D eigenvalue weighted by atomic mass is 10.3. The number of hydrogen-bond donors (Lipinski definition) is 2. The van der Waals surface area contributed by atoms with Gasteiger partial charge in [0.25, 0.3) is 5.91 Å². The van der Waals surface area contributed by atoms with Crippen molar-refractivity contribution >= 4 is 23.2 Å². The van der Waals surface area contributed by atoms with E-state index in [-0.39, 0.29) is 18.1 Å². The Morgan fingerprint density at radius 1 is 1.38 bits per heavy atom. The van der Waals surface area contributed by atoms with Crippen LogP contribution in [-0.4, -0.2) is 28.1 Å². The minimum Gasteiger partial charge on any atom is -0.481 e. The van der Waals surface area contributed by atoms with Crippen LogP contribution in [-0.2, 0) is 11.3 Å². The highest BCUT2D eigenvalue weighted by atomic mass is 32.1. The van der Waals surface area contributed by atoms with Crippen molar-refractivity contribution in [3.8, 4) is 5.75 Å². The van der Waals surface area contributed by atoms with Crippen LogP contribution >= 0.6 is 11.3 Å².